The molecule has 0 bridgehead atoms. The molecule has 1 aromatic rings. The minimum absolute atomic E-state index is 0.214. The van der Waals surface area contributed by atoms with E-state index < -0.39 is 0 Å². The Morgan fingerprint density at radius 2 is 2.14 bits per heavy atom. The molecule has 1 saturated carbocycles. The standard InChI is InChI=1S/C10H17N3O/c1-7-9(13-14-12-7)6-11-10(2,3)8-4-5-8/h8,11H,4-6H2,1-3H3. The van der Waals surface area contributed by atoms with Gasteiger partial charge >= 0.3 is 0 Å². The van der Waals surface area contributed by atoms with Crippen LogP contribution < -0.4 is 5.32 Å². The van der Waals surface area contributed by atoms with Gasteiger partial charge in [0.25, 0.3) is 0 Å². The molecule has 1 fully saturated rings. The normalized spacial score (nSPS) is 17.4. The van der Waals surface area contributed by atoms with E-state index in [0.29, 0.717) is 0 Å². The number of nitrogens with zero attached hydrogens (tertiary/aromatic N) is 2. The number of aryl methyl sites for hydroxylation is 1. The van der Waals surface area contributed by atoms with Gasteiger partial charge in [-0.2, -0.15) is 0 Å². The van der Waals surface area contributed by atoms with Gasteiger partial charge in [-0.05, 0) is 39.5 Å². The van der Waals surface area contributed by atoms with Crippen LogP contribution in [0.3, 0.4) is 0 Å². The van der Waals surface area contributed by atoms with Crippen LogP contribution in [0.2, 0.25) is 0 Å². The van der Waals surface area contributed by atoms with E-state index in [4.69, 9.17) is 0 Å². The smallest absolute Gasteiger partial charge is 0.121 e. The molecule has 0 unspecified atom stereocenters. The molecule has 1 heterocycles. The van der Waals surface area contributed by atoms with Crippen LogP contribution in [0.1, 0.15) is 38.1 Å². The van der Waals surface area contributed by atoms with E-state index in [0.717, 1.165) is 23.9 Å². The molecule has 78 valence electrons. The lowest BCUT2D eigenvalue weighted by atomic mass is 9.99. The highest BCUT2D eigenvalue weighted by Crippen LogP contribution is 2.39. The number of aromatic nitrogens is 2. The Hall–Kier alpha value is -0.900. The van der Waals surface area contributed by atoms with Crippen molar-refractivity contribution in [2.45, 2.75) is 45.7 Å². The van der Waals surface area contributed by atoms with Gasteiger partial charge in [0.1, 0.15) is 11.4 Å². The summed E-state index contributed by atoms with van der Waals surface area (Å²) >= 11 is 0. The van der Waals surface area contributed by atoms with Gasteiger partial charge in [-0.15, -0.1) is 0 Å². The fraction of sp³-hybridized carbons (Fsp3) is 0.800. The van der Waals surface area contributed by atoms with E-state index in [1.807, 2.05) is 6.92 Å². The molecule has 0 spiro atoms. The number of hydrogen-bond acceptors (Lipinski definition) is 4. The average molecular weight is 195 g/mol. The number of hydrogen-bond donors (Lipinski definition) is 1. The fourth-order valence-electron chi connectivity index (χ4n) is 1.67. The first-order valence-electron chi connectivity index (χ1n) is 5.12. The molecular weight excluding hydrogens is 178 g/mol. The first kappa shape index (κ1) is 9.65. The molecule has 0 radical (unpaired) electrons. The molecule has 0 saturated heterocycles. The summed E-state index contributed by atoms with van der Waals surface area (Å²) in [5, 5.41) is 11.1. The summed E-state index contributed by atoms with van der Waals surface area (Å²) in [5.41, 5.74) is 2.01. The second-order valence-corrected chi connectivity index (χ2v) is 4.65. The zero-order chi connectivity index (χ0) is 10.2. The van der Waals surface area contributed by atoms with Crippen LogP contribution in [0.4, 0.5) is 0 Å². The van der Waals surface area contributed by atoms with Gasteiger partial charge in [-0.25, -0.2) is 4.63 Å². The summed E-state index contributed by atoms with van der Waals surface area (Å²) in [5.74, 6) is 0.822. The van der Waals surface area contributed by atoms with Crippen LogP contribution in [0.25, 0.3) is 0 Å². The zero-order valence-corrected chi connectivity index (χ0v) is 9.00. The van der Waals surface area contributed by atoms with Crippen molar-refractivity contribution in [2.75, 3.05) is 0 Å². The van der Waals surface area contributed by atoms with Crippen molar-refractivity contribution < 1.29 is 4.63 Å². The van der Waals surface area contributed by atoms with Crippen LogP contribution in [-0.4, -0.2) is 15.9 Å². The largest absolute Gasteiger partial charge is 0.306 e. The molecule has 1 N–H and O–H groups in total. The van der Waals surface area contributed by atoms with Crippen LogP contribution in [0.15, 0.2) is 4.63 Å². The third-order valence-electron chi connectivity index (χ3n) is 3.06. The Kier molecular flexibility index (Phi) is 2.31. The predicted molar refractivity (Wildman–Crippen MR) is 52.7 cm³/mol. The molecule has 0 aromatic carbocycles. The van der Waals surface area contributed by atoms with Crippen molar-refractivity contribution in [3.8, 4) is 0 Å². The molecule has 14 heavy (non-hydrogen) atoms. The first-order chi connectivity index (χ1) is 6.59. The summed E-state index contributed by atoms with van der Waals surface area (Å²) < 4.78 is 4.65. The SMILES string of the molecule is Cc1nonc1CNC(C)(C)C1CC1. The molecule has 0 atom stereocenters. The summed E-state index contributed by atoms with van der Waals surface area (Å²) in [6, 6.07) is 0. The van der Waals surface area contributed by atoms with Crippen molar-refractivity contribution in [3.05, 3.63) is 11.4 Å². The zero-order valence-electron chi connectivity index (χ0n) is 9.00. The predicted octanol–water partition coefficient (Wildman–Crippen LogP) is 1.66. The van der Waals surface area contributed by atoms with Crippen LogP contribution >= 0.6 is 0 Å². The quantitative estimate of drug-likeness (QED) is 0.793. The summed E-state index contributed by atoms with van der Waals surface area (Å²) in [6.45, 7) is 7.15. The minimum Gasteiger partial charge on any atom is -0.306 e. The van der Waals surface area contributed by atoms with Crippen molar-refractivity contribution >= 4 is 0 Å². The Morgan fingerprint density at radius 3 is 2.64 bits per heavy atom. The minimum atomic E-state index is 0.214. The van der Waals surface area contributed by atoms with Gasteiger partial charge in [0.15, 0.2) is 0 Å². The van der Waals surface area contributed by atoms with E-state index in [2.05, 4.69) is 34.1 Å². The van der Waals surface area contributed by atoms with Crippen molar-refractivity contribution in [2.24, 2.45) is 5.92 Å². The van der Waals surface area contributed by atoms with Gasteiger partial charge in [-0.1, -0.05) is 10.3 Å². The maximum Gasteiger partial charge on any atom is 0.121 e. The fourth-order valence-corrected chi connectivity index (χ4v) is 1.67. The number of nitrogens with one attached hydrogen (secondary N) is 1. The van der Waals surface area contributed by atoms with Gasteiger partial charge < -0.3 is 5.32 Å². The van der Waals surface area contributed by atoms with Crippen molar-refractivity contribution in [1.29, 1.82) is 0 Å². The topological polar surface area (TPSA) is 51.0 Å². The molecule has 0 amide bonds. The first-order valence-corrected chi connectivity index (χ1v) is 5.12. The van der Waals surface area contributed by atoms with E-state index in [1.54, 1.807) is 0 Å². The Morgan fingerprint density at radius 1 is 1.43 bits per heavy atom. The maximum absolute atomic E-state index is 4.65. The van der Waals surface area contributed by atoms with Gasteiger partial charge in [0.2, 0.25) is 0 Å². The lowest BCUT2D eigenvalue weighted by Crippen LogP contribution is -2.40. The molecule has 2 rings (SSSR count). The Bertz CT molecular complexity index is 315. The number of rotatable bonds is 4. The summed E-state index contributed by atoms with van der Waals surface area (Å²) in [6.07, 6.45) is 2.69. The van der Waals surface area contributed by atoms with E-state index in [9.17, 15) is 0 Å². The molecule has 1 aromatic heterocycles. The molecule has 1 aliphatic carbocycles. The van der Waals surface area contributed by atoms with E-state index in [1.165, 1.54) is 12.8 Å². The van der Waals surface area contributed by atoms with Gasteiger partial charge in [0, 0.05) is 12.1 Å². The van der Waals surface area contributed by atoms with Crippen molar-refractivity contribution in [1.82, 2.24) is 15.6 Å². The highest BCUT2D eigenvalue weighted by atomic mass is 16.6. The highest BCUT2D eigenvalue weighted by Gasteiger charge is 2.37. The third kappa shape index (κ3) is 1.95. The van der Waals surface area contributed by atoms with Gasteiger partial charge in [-0.3, -0.25) is 0 Å². The highest BCUT2D eigenvalue weighted by molar-refractivity contribution is 5.05. The second-order valence-electron chi connectivity index (χ2n) is 4.65. The summed E-state index contributed by atoms with van der Waals surface area (Å²) in [4.78, 5) is 0. The average Bonchev–Trinajstić information content (AvgIpc) is 2.89. The van der Waals surface area contributed by atoms with Crippen LogP contribution in [-0.2, 0) is 6.54 Å². The maximum atomic E-state index is 4.65. The monoisotopic (exact) mass is 195 g/mol. The molecule has 4 nitrogen and oxygen atoms in total. The van der Waals surface area contributed by atoms with Crippen LogP contribution in [0, 0.1) is 12.8 Å². The molecular formula is C10H17N3O. The third-order valence-corrected chi connectivity index (χ3v) is 3.06. The summed E-state index contributed by atoms with van der Waals surface area (Å²) in [7, 11) is 0. The van der Waals surface area contributed by atoms with E-state index >= 15 is 0 Å². The lowest BCUT2D eigenvalue weighted by molar-refractivity contribution is 0.293. The Labute approximate surface area is 84.0 Å². The molecule has 4 heteroatoms. The molecule has 0 aliphatic heterocycles. The van der Waals surface area contributed by atoms with Crippen molar-refractivity contribution in [3.63, 3.8) is 0 Å². The van der Waals surface area contributed by atoms with Gasteiger partial charge in [0.05, 0.1) is 0 Å². The van der Waals surface area contributed by atoms with E-state index in [-0.39, 0.29) is 5.54 Å². The Balaban J connectivity index is 1.90. The lowest BCUT2D eigenvalue weighted by Gasteiger charge is -2.25. The second kappa shape index (κ2) is 3.35. The van der Waals surface area contributed by atoms with Crippen LogP contribution in [0.5, 0.6) is 0 Å². The molecule has 1 aliphatic rings.